The number of piperidine rings is 1. The van der Waals surface area contributed by atoms with E-state index in [0.717, 1.165) is 25.1 Å². The standard InChI is InChI=1S/C18H25NO2.ClH/c1-19(20)10-9-18-8-4-3-5-15(18)17(19)11-13-6-7-14(21-2)12-16(13)18;/h6-7,12,15,17H,3-5,8-11H2,1-2H3;1H/t15-,17+,18+,19-;/m1./s1. The van der Waals surface area contributed by atoms with E-state index in [-0.39, 0.29) is 28.5 Å². The number of fused-ring (bicyclic) bond motifs is 1. The largest absolute Gasteiger partial charge is 0.633 e. The van der Waals surface area contributed by atoms with E-state index in [4.69, 9.17) is 4.74 Å². The molecule has 4 atom stereocenters. The molecule has 0 amide bonds. The Morgan fingerprint density at radius 3 is 2.86 bits per heavy atom. The van der Waals surface area contributed by atoms with Gasteiger partial charge in [0.1, 0.15) is 5.75 Å². The van der Waals surface area contributed by atoms with E-state index in [0.29, 0.717) is 5.92 Å². The molecule has 0 spiro atoms. The molecular weight excluding hydrogens is 298 g/mol. The second kappa shape index (κ2) is 5.40. The minimum absolute atomic E-state index is 0. The van der Waals surface area contributed by atoms with Crippen molar-refractivity contribution in [2.24, 2.45) is 5.92 Å². The quantitative estimate of drug-likeness (QED) is 0.581. The lowest BCUT2D eigenvalue weighted by Gasteiger charge is -2.63. The molecule has 2 bridgehead atoms. The van der Waals surface area contributed by atoms with Crippen molar-refractivity contribution in [2.45, 2.75) is 50.0 Å². The minimum atomic E-state index is -0.0299. The summed E-state index contributed by atoms with van der Waals surface area (Å²) in [5.41, 5.74) is 3.16. The fourth-order valence-electron chi connectivity index (χ4n) is 5.46. The van der Waals surface area contributed by atoms with Gasteiger partial charge in [0.15, 0.2) is 0 Å². The highest BCUT2D eigenvalue weighted by Crippen LogP contribution is 2.57. The molecule has 4 rings (SSSR count). The molecule has 0 aromatic heterocycles. The molecule has 1 aromatic carbocycles. The monoisotopic (exact) mass is 323 g/mol. The van der Waals surface area contributed by atoms with Gasteiger partial charge >= 0.3 is 0 Å². The molecule has 1 aromatic rings. The summed E-state index contributed by atoms with van der Waals surface area (Å²) in [6.07, 6.45) is 7.09. The molecule has 0 N–H and O–H groups in total. The zero-order valence-electron chi connectivity index (χ0n) is 13.5. The van der Waals surface area contributed by atoms with Gasteiger partial charge in [0.2, 0.25) is 0 Å². The Morgan fingerprint density at radius 1 is 1.27 bits per heavy atom. The van der Waals surface area contributed by atoms with Gasteiger partial charge in [-0.15, -0.1) is 12.4 Å². The summed E-state index contributed by atoms with van der Waals surface area (Å²) < 4.78 is 5.44. The van der Waals surface area contributed by atoms with Gasteiger partial charge in [-0.2, -0.15) is 0 Å². The molecule has 1 saturated heterocycles. The van der Waals surface area contributed by atoms with Gasteiger partial charge in [0, 0.05) is 24.2 Å². The summed E-state index contributed by atoms with van der Waals surface area (Å²) in [5.74, 6) is 1.54. The Balaban J connectivity index is 0.00000144. The molecule has 3 nitrogen and oxygen atoms in total. The van der Waals surface area contributed by atoms with Gasteiger partial charge in [0.25, 0.3) is 0 Å². The molecule has 0 radical (unpaired) electrons. The zero-order chi connectivity index (χ0) is 14.7. The van der Waals surface area contributed by atoms with Crippen LogP contribution in [0, 0.1) is 11.1 Å². The number of hydrogen-bond acceptors (Lipinski definition) is 2. The highest BCUT2D eigenvalue weighted by atomic mass is 35.5. The first-order valence-electron chi connectivity index (χ1n) is 8.30. The van der Waals surface area contributed by atoms with E-state index in [1.54, 1.807) is 7.11 Å². The average Bonchev–Trinajstić information content (AvgIpc) is 2.51. The van der Waals surface area contributed by atoms with Crippen LogP contribution in [0.25, 0.3) is 0 Å². The first-order chi connectivity index (χ1) is 10.1. The lowest BCUT2D eigenvalue weighted by molar-refractivity contribution is -0.899. The van der Waals surface area contributed by atoms with E-state index in [1.165, 1.54) is 36.8 Å². The fraction of sp³-hybridized carbons (Fsp3) is 0.667. The number of benzene rings is 1. The van der Waals surface area contributed by atoms with Crippen molar-refractivity contribution >= 4 is 12.4 Å². The van der Waals surface area contributed by atoms with Crippen LogP contribution >= 0.6 is 12.4 Å². The normalized spacial score (nSPS) is 39.2. The van der Waals surface area contributed by atoms with Crippen molar-refractivity contribution < 1.29 is 9.38 Å². The van der Waals surface area contributed by atoms with E-state index in [1.807, 2.05) is 7.05 Å². The summed E-state index contributed by atoms with van der Waals surface area (Å²) >= 11 is 0. The van der Waals surface area contributed by atoms with Crippen LogP contribution in [-0.4, -0.2) is 31.4 Å². The first kappa shape index (κ1) is 16.1. The summed E-state index contributed by atoms with van der Waals surface area (Å²) in [4.78, 5) is 0. The van der Waals surface area contributed by atoms with Crippen LogP contribution in [0.15, 0.2) is 18.2 Å². The average molecular weight is 324 g/mol. The molecule has 1 saturated carbocycles. The lowest BCUT2D eigenvalue weighted by atomic mass is 9.52. The topological polar surface area (TPSA) is 32.3 Å². The number of ether oxygens (including phenoxy) is 1. The van der Waals surface area contributed by atoms with Gasteiger partial charge in [0.05, 0.1) is 26.7 Å². The number of nitrogens with zero attached hydrogens (tertiary/aromatic N) is 1. The number of halogens is 1. The second-order valence-electron chi connectivity index (χ2n) is 7.45. The Bertz CT molecular complexity index is 574. The zero-order valence-corrected chi connectivity index (χ0v) is 14.3. The molecule has 3 aliphatic rings. The number of rotatable bonds is 1. The Labute approximate surface area is 139 Å². The highest BCUT2D eigenvalue weighted by molar-refractivity contribution is 5.85. The van der Waals surface area contributed by atoms with Crippen molar-refractivity contribution in [2.75, 3.05) is 20.7 Å². The third kappa shape index (κ3) is 2.10. The van der Waals surface area contributed by atoms with Crippen LogP contribution in [0.1, 0.15) is 43.2 Å². The first-order valence-corrected chi connectivity index (χ1v) is 8.30. The molecule has 122 valence electrons. The van der Waals surface area contributed by atoms with Crippen LogP contribution in [0.3, 0.4) is 0 Å². The molecular formula is C18H26ClNO2. The predicted octanol–water partition coefficient (Wildman–Crippen LogP) is 3.82. The number of quaternary nitrogens is 1. The smallest absolute Gasteiger partial charge is 0.119 e. The SMILES string of the molecule is COc1ccc2c(c1)[C@]13CCCC[C@@H]1[C@H](C2)[N@+](C)([O-])CC3.Cl. The van der Waals surface area contributed by atoms with Crippen LogP contribution in [-0.2, 0) is 11.8 Å². The van der Waals surface area contributed by atoms with Crippen molar-refractivity contribution in [3.8, 4) is 5.75 Å². The predicted molar refractivity (Wildman–Crippen MR) is 90.4 cm³/mol. The second-order valence-corrected chi connectivity index (χ2v) is 7.45. The number of methoxy groups -OCH3 is 1. The van der Waals surface area contributed by atoms with E-state index < -0.39 is 0 Å². The van der Waals surface area contributed by atoms with Crippen LogP contribution in [0.5, 0.6) is 5.75 Å². The molecule has 2 aliphatic carbocycles. The van der Waals surface area contributed by atoms with E-state index in [9.17, 15) is 5.21 Å². The number of likely N-dealkylation sites (N-methyl/N-ethyl adjacent to an activating group) is 1. The number of hydrogen-bond donors (Lipinski definition) is 0. The van der Waals surface area contributed by atoms with Crippen molar-refractivity contribution in [3.05, 3.63) is 34.5 Å². The maximum Gasteiger partial charge on any atom is 0.119 e. The van der Waals surface area contributed by atoms with Gasteiger partial charge in [-0.05, 0) is 36.1 Å². The molecule has 0 unspecified atom stereocenters. The lowest BCUT2D eigenvalue weighted by Crippen LogP contribution is -2.66. The molecule has 1 heterocycles. The maximum atomic E-state index is 13.0. The third-order valence-corrected chi connectivity index (χ3v) is 6.55. The van der Waals surface area contributed by atoms with Gasteiger partial charge in [-0.25, -0.2) is 0 Å². The Hall–Kier alpha value is -0.770. The van der Waals surface area contributed by atoms with Gasteiger partial charge in [-0.1, -0.05) is 18.9 Å². The molecule has 4 heteroatoms. The summed E-state index contributed by atoms with van der Waals surface area (Å²) in [7, 11) is 3.65. The number of hydroxylamine groups is 3. The molecule has 22 heavy (non-hydrogen) atoms. The fourth-order valence-corrected chi connectivity index (χ4v) is 5.46. The van der Waals surface area contributed by atoms with Crippen LogP contribution < -0.4 is 4.74 Å². The highest BCUT2D eigenvalue weighted by Gasteiger charge is 2.57. The van der Waals surface area contributed by atoms with Crippen LogP contribution in [0.2, 0.25) is 0 Å². The van der Waals surface area contributed by atoms with Crippen molar-refractivity contribution in [3.63, 3.8) is 0 Å². The van der Waals surface area contributed by atoms with E-state index >= 15 is 0 Å². The Morgan fingerprint density at radius 2 is 2.09 bits per heavy atom. The third-order valence-electron chi connectivity index (χ3n) is 6.55. The number of likely N-dealkylation sites (tertiary alicyclic amines) is 1. The molecule has 1 aliphatic heterocycles. The summed E-state index contributed by atoms with van der Waals surface area (Å²) in [5, 5.41) is 13.0. The van der Waals surface area contributed by atoms with Crippen molar-refractivity contribution in [1.82, 2.24) is 0 Å². The minimum Gasteiger partial charge on any atom is -0.633 e. The summed E-state index contributed by atoms with van der Waals surface area (Å²) in [6, 6.07) is 6.80. The van der Waals surface area contributed by atoms with Gasteiger partial charge in [-0.3, -0.25) is 0 Å². The van der Waals surface area contributed by atoms with Gasteiger partial charge < -0.3 is 14.6 Å². The van der Waals surface area contributed by atoms with Crippen molar-refractivity contribution in [1.29, 1.82) is 0 Å². The van der Waals surface area contributed by atoms with E-state index in [2.05, 4.69) is 18.2 Å². The van der Waals surface area contributed by atoms with Crippen LogP contribution in [0.4, 0.5) is 0 Å². The maximum absolute atomic E-state index is 13.0. The molecule has 2 fully saturated rings. The Kier molecular flexibility index (Phi) is 3.95. The summed E-state index contributed by atoms with van der Waals surface area (Å²) in [6.45, 7) is 0.776.